The van der Waals surface area contributed by atoms with E-state index in [1.807, 2.05) is 12.1 Å². The number of amides is 1. The zero-order chi connectivity index (χ0) is 17.1. The first-order chi connectivity index (χ1) is 11.5. The van der Waals surface area contributed by atoms with Crippen molar-refractivity contribution in [2.45, 2.75) is 0 Å². The number of hydrogen-bond donors (Lipinski definition) is 1. The summed E-state index contributed by atoms with van der Waals surface area (Å²) in [6, 6.07) is 12.6. The van der Waals surface area contributed by atoms with Gasteiger partial charge in [0.2, 0.25) is 5.89 Å². The van der Waals surface area contributed by atoms with Gasteiger partial charge in [0, 0.05) is 26.8 Å². The molecule has 0 spiro atoms. The third kappa shape index (κ3) is 3.56. The van der Waals surface area contributed by atoms with Crippen molar-refractivity contribution in [3.8, 4) is 11.5 Å². The van der Waals surface area contributed by atoms with Gasteiger partial charge in [0.1, 0.15) is 0 Å². The zero-order valence-electron chi connectivity index (χ0n) is 12.0. The van der Waals surface area contributed by atoms with E-state index in [9.17, 15) is 14.9 Å². The average molecular weight is 436 g/mol. The van der Waals surface area contributed by atoms with Gasteiger partial charge >= 0.3 is 6.01 Å². The first kappa shape index (κ1) is 16.1. The summed E-state index contributed by atoms with van der Waals surface area (Å²) in [4.78, 5) is 22.2. The number of nitro groups is 1. The maximum absolute atomic E-state index is 12.1. The summed E-state index contributed by atoms with van der Waals surface area (Å²) in [5.74, 6) is -0.215. The van der Waals surface area contributed by atoms with Crippen LogP contribution < -0.4 is 5.32 Å². The molecule has 0 radical (unpaired) electrons. The number of anilines is 1. The molecule has 3 aromatic rings. The normalized spacial score (nSPS) is 10.4. The highest BCUT2D eigenvalue weighted by atomic mass is 127. The van der Waals surface area contributed by atoms with Gasteiger partial charge in [-0.3, -0.25) is 20.2 Å². The maximum Gasteiger partial charge on any atom is 0.322 e. The Hall–Kier alpha value is -2.82. The van der Waals surface area contributed by atoms with Crippen LogP contribution in [-0.4, -0.2) is 21.0 Å². The summed E-state index contributed by atoms with van der Waals surface area (Å²) in [5, 5.41) is 20.7. The van der Waals surface area contributed by atoms with Crippen LogP contribution in [0.15, 0.2) is 52.9 Å². The predicted octanol–water partition coefficient (Wildman–Crippen LogP) is 3.50. The molecule has 1 N–H and O–H groups in total. The van der Waals surface area contributed by atoms with Crippen LogP contribution in [-0.2, 0) is 0 Å². The minimum Gasteiger partial charge on any atom is -0.403 e. The molecule has 24 heavy (non-hydrogen) atoms. The Morgan fingerprint density at radius 1 is 1.08 bits per heavy atom. The SMILES string of the molecule is O=C(Nc1nnc(-c2ccc([N+](=O)[O-])cc2)o1)c1ccc(I)cc1. The molecule has 0 atom stereocenters. The first-order valence-corrected chi connectivity index (χ1v) is 7.76. The molecule has 1 amide bonds. The molecule has 0 saturated carbocycles. The lowest BCUT2D eigenvalue weighted by Gasteiger charge is -2.00. The van der Waals surface area contributed by atoms with Gasteiger partial charge in [-0.05, 0) is 59.0 Å². The molecule has 8 nitrogen and oxygen atoms in total. The molecule has 0 aliphatic heterocycles. The molecule has 1 aromatic heterocycles. The number of nitrogens with one attached hydrogen (secondary N) is 1. The van der Waals surface area contributed by atoms with E-state index in [-0.39, 0.29) is 23.5 Å². The summed E-state index contributed by atoms with van der Waals surface area (Å²) in [6.45, 7) is 0. The number of aromatic nitrogens is 2. The number of nitrogens with zero attached hydrogens (tertiary/aromatic N) is 3. The summed E-state index contributed by atoms with van der Waals surface area (Å²) in [5.41, 5.74) is 0.943. The van der Waals surface area contributed by atoms with E-state index in [1.54, 1.807) is 12.1 Å². The molecule has 2 aromatic carbocycles. The summed E-state index contributed by atoms with van der Waals surface area (Å²) in [7, 11) is 0. The second kappa shape index (κ2) is 6.74. The molecule has 0 fully saturated rings. The van der Waals surface area contributed by atoms with Crippen LogP contribution in [0.4, 0.5) is 11.7 Å². The third-order valence-corrected chi connectivity index (χ3v) is 3.80. The summed E-state index contributed by atoms with van der Waals surface area (Å²) >= 11 is 2.14. The van der Waals surface area contributed by atoms with Crippen molar-refractivity contribution in [3.05, 3.63) is 67.8 Å². The predicted molar refractivity (Wildman–Crippen MR) is 93.5 cm³/mol. The number of carbonyl (C=O) groups is 1. The number of benzene rings is 2. The van der Waals surface area contributed by atoms with Gasteiger partial charge in [-0.15, -0.1) is 5.10 Å². The van der Waals surface area contributed by atoms with Gasteiger partial charge in [0.05, 0.1) is 4.92 Å². The zero-order valence-corrected chi connectivity index (χ0v) is 14.1. The van der Waals surface area contributed by atoms with E-state index in [4.69, 9.17) is 4.42 Å². The van der Waals surface area contributed by atoms with E-state index in [0.717, 1.165) is 3.57 Å². The number of hydrogen-bond acceptors (Lipinski definition) is 6. The molecule has 0 aliphatic carbocycles. The lowest BCUT2D eigenvalue weighted by Crippen LogP contribution is -2.11. The maximum atomic E-state index is 12.1. The highest BCUT2D eigenvalue weighted by Crippen LogP contribution is 2.22. The van der Waals surface area contributed by atoms with E-state index < -0.39 is 4.92 Å². The van der Waals surface area contributed by atoms with E-state index >= 15 is 0 Å². The smallest absolute Gasteiger partial charge is 0.322 e. The molecule has 1 heterocycles. The molecular weight excluding hydrogens is 427 g/mol. The lowest BCUT2D eigenvalue weighted by molar-refractivity contribution is -0.384. The highest BCUT2D eigenvalue weighted by Gasteiger charge is 2.14. The third-order valence-electron chi connectivity index (χ3n) is 3.08. The van der Waals surface area contributed by atoms with Crippen LogP contribution >= 0.6 is 22.6 Å². The number of nitro benzene ring substituents is 1. The second-order valence-electron chi connectivity index (χ2n) is 4.68. The standard InChI is InChI=1S/C15H9IN4O4/c16-11-5-1-9(2-6-11)13(21)17-15-19-18-14(24-15)10-3-7-12(8-4-10)20(22)23/h1-8H,(H,17,19,21). The van der Waals surface area contributed by atoms with Crippen LogP contribution in [0.5, 0.6) is 0 Å². The second-order valence-corrected chi connectivity index (χ2v) is 5.92. The fourth-order valence-electron chi connectivity index (χ4n) is 1.89. The quantitative estimate of drug-likeness (QED) is 0.381. The van der Waals surface area contributed by atoms with Crippen LogP contribution in [0.1, 0.15) is 10.4 Å². The Morgan fingerprint density at radius 3 is 2.38 bits per heavy atom. The number of rotatable bonds is 4. The van der Waals surface area contributed by atoms with Gasteiger partial charge in [-0.25, -0.2) is 0 Å². The van der Waals surface area contributed by atoms with Crippen LogP contribution in [0, 0.1) is 13.7 Å². The van der Waals surface area contributed by atoms with E-state index in [1.165, 1.54) is 24.3 Å². The van der Waals surface area contributed by atoms with Crippen molar-refractivity contribution in [1.82, 2.24) is 10.2 Å². The van der Waals surface area contributed by atoms with Gasteiger partial charge < -0.3 is 4.42 Å². The van der Waals surface area contributed by atoms with E-state index in [2.05, 4.69) is 38.1 Å². The van der Waals surface area contributed by atoms with Gasteiger partial charge in [-0.1, -0.05) is 5.10 Å². The van der Waals surface area contributed by atoms with Crippen LogP contribution in [0.2, 0.25) is 0 Å². The van der Waals surface area contributed by atoms with Gasteiger partial charge in [0.15, 0.2) is 0 Å². The van der Waals surface area contributed by atoms with Crippen molar-refractivity contribution in [3.63, 3.8) is 0 Å². The Balaban J connectivity index is 1.74. The average Bonchev–Trinajstić information content (AvgIpc) is 3.04. The Morgan fingerprint density at radius 2 is 1.75 bits per heavy atom. The molecule has 0 unspecified atom stereocenters. The fraction of sp³-hybridized carbons (Fsp3) is 0. The minimum atomic E-state index is -0.496. The number of non-ortho nitro benzene ring substituents is 1. The highest BCUT2D eigenvalue weighted by molar-refractivity contribution is 14.1. The fourth-order valence-corrected chi connectivity index (χ4v) is 2.25. The van der Waals surface area contributed by atoms with Gasteiger partial charge in [0.25, 0.3) is 11.6 Å². The Kier molecular flexibility index (Phi) is 4.51. The monoisotopic (exact) mass is 436 g/mol. The van der Waals surface area contributed by atoms with Crippen LogP contribution in [0.25, 0.3) is 11.5 Å². The molecule has 0 saturated heterocycles. The molecular formula is C15H9IN4O4. The largest absolute Gasteiger partial charge is 0.403 e. The minimum absolute atomic E-state index is 0.0366. The van der Waals surface area contributed by atoms with E-state index in [0.29, 0.717) is 11.1 Å². The Labute approximate surface area is 149 Å². The van der Waals surface area contributed by atoms with Gasteiger partial charge in [-0.2, -0.15) is 0 Å². The number of carbonyl (C=O) groups excluding carboxylic acids is 1. The van der Waals surface area contributed by atoms with Crippen molar-refractivity contribution in [2.75, 3.05) is 5.32 Å². The first-order valence-electron chi connectivity index (χ1n) is 6.68. The summed E-state index contributed by atoms with van der Waals surface area (Å²) < 4.78 is 6.38. The van der Waals surface area contributed by atoms with Crippen molar-refractivity contribution >= 4 is 40.2 Å². The van der Waals surface area contributed by atoms with Crippen LogP contribution in [0.3, 0.4) is 0 Å². The molecule has 0 bridgehead atoms. The molecule has 0 aliphatic rings. The van der Waals surface area contributed by atoms with Crippen molar-refractivity contribution < 1.29 is 14.1 Å². The number of halogens is 1. The molecule has 9 heteroatoms. The Bertz CT molecular complexity index is 891. The summed E-state index contributed by atoms with van der Waals surface area (Å²) in [6.07, 6.45) is 0. The molecule has 3 rings (SSSR count). The molecule has 120 valence electrons. The van der Waals surface area contributed by atoms with Crippen molar-refractivity contribution in [1.29, 1.82) is 0 Å². The van der Waals surface area contributed by atoms with Crippen molar-refractivity contribution in [2.24, 2.45) is 0 Å². The lowest BCUT2D eigenvalue weighted by atomic mass is 10.2. The topological polar surface area (TPSA) is 111 Å².